The van der Waals surface area contributed by atoms with Gasteiger partial charge in [-0.3, -0.25) is 0 Å². The predicted molar refractivity (Wildman–Crippen MR) is 85.7 cm³/mol. The van der Waals surface area contributed by atoms with E-state index in [9.17, 15) is 8.42 Å². The molecule has 120 valence electrons. The molecule has 0 amide bonds. The van der Waals surface area contributed by atoms with E-state index in [2.05, 4.69) is 0 Å². The van der Waals surface area contributed by atoms with Crippen molar-refractivity contribution >= 4 is 21.4 Å². The molecule has 0 N–H and O–H groups in total. The van der Waals surface area contributed by atoms with Crippen LogP contribution in [-0.2, 0) is 14.6 Å². The molecule has 4 nitrogen and oxygen atoms in total. The first-order valence-electron chi connectivity index (χ1n) is 7.28. The van der Waals surface area contributed by atoms with Gasteiger partial charge >= 0.3 is 0 Å². The Kier molecular flexibility index (Phi) is 3.08. The van der Waals surface area contributed by atoms with Gasteiger partial charge in [0.25, 0.3) is 0 Å². The third-order valence-electron chi connectivity index (χ3n) is 4.27. The maximum atomic E-state index is 12.8. The largest absolute Gasteiger partial charge is 0.485 e. The van der Waals surface area contributed by atoms with Gasteiger partial charge in [0, 0.05) is 10.6 Å². The molecule has 1 unspecified atom stereocenters. The molecule has 0 aliphatic carbocycles. The highest BCUT2D eigenvalue weighted by molar-refractivity contribution is 7.91. The van der Waals surface area contributed by atoms with Crippen molar-refractivity contribution in [2.75, 3.05) is 0 Å². The van der Waals surface area contributed by atoms with E-state index in [0.717, 1.165) is 5.56 Å². The van der Waals surface area contributed by atoms with Crippen LogP contribution in [0.1, 0.15) is 25.5 Å². The van der Waals surface area contributed by atoms with Crippen LogP contribution in [0, 0.1) is 0 Å². The number of fused-ring (bicyclic) bond motifs is 3. The molecule has 4 rings (SSSR count). The zero-order valence-electron chi connectivity index (χ0n) is 12.6. The van der Waals surface area contributed by atoms with E-state index in [-0.39, 0.29) is 22.0 Å². The van der Waals surface area contributed by atoms with E-state index in [1.807, 2.05) is 13.8 Å². The van der Waals surface area contributed by atoms with Crippen LogP contribution in [0.15, 0.2) is 52.3 Å². The molecule has 6 heteroatoms. The quantitative estimate of drug-likeness (QED) is 0.773. The SMILES string of the molecule is CC1(C)Oc2ccc(S(=O)(=O)c3ccc(Cl)cc3)cc2C2O[C@@H]21. The van der Waals surface area contributed by atoms with E-state index < -0.39 is 15.4 Å². The van der Waals surface area contributed by atoms with Gasteiger partial charge in [-0.05, 0) is 56.3 Å². The van der Waals surface area contributed by atoms with E-state index in [0.29, 0.717) is 10.8 Å². The molecule has 2 atom stereocenters. The summed E-state index contributed by atoms with van der Waals surface area (Å²) in [6, 6.07) is 11.1. The maximum Gasteiger partial charge on any atom is 0.206 e. The first-order chi connectivity index (χ1) is 10.8. The third-order valence-corrected chi connectivity index (χ3v) is 6.29. The Labute approximate surface area is 139 Å². The predicted octanol–water partition coefficient (Wildman–Crippen LogP) is 3.78. The molecule has 1 fully saturated rings. The fraction of sp³-hybridized carbons (Fsp3) is 0.294. The highest BCUT2D eigenvalue weighted by Crippen LogP contribution is 2.54. The lowest BCUT2D eigenvalue weighted by atomic mass is 9.94. The lowest BCUT2D eigenvalue weighted by Crippen LogP contribution is -2.37. The number of epoxide rings is 1. The highest BCUT2D eigenvalue weighted by atomic mass is 35.5. The second kappa shape index (κ2) is 4.72. The number of ether oxygens (including phenoxy) is 2. The summed E-state index contributed by atoms with van der Waals surface area (Å²) in [6.45, 7) is 3.94. The average molecular weight is 351 g/mol. The summed E-state index contributed by atoms with van der Waals surface area (Å²) in [5.74, 6) is 0.684. The topological polar surface area (TPSA) is 55.9 Å². The molecule has 2 heterocycles. The van der Waals surface area contributed by atoms with E-state index in [1.54, 1.807) is 30.3 Å². The number of hydrogen-bond donors (Lipinski definition) is 0. The molecule has 0 radical (unpaired) electrons. The van der Waals surface area contributed by atoms with Gasteiger partial charge in [0.1, 0.15) is 23.6 Å². The van der Waals surface area contributed by atoms with Crippen LogP contribution in [0.2, 0.25) is 5.02 Å². The summed E-state index contributed by atoms with van der Waals surface area (Å²) in [4.78, 5) is 0.448. The molecular formula is C17H15ClO4S. The summed E-state index contributed by atoms with van der Waals surface area (Å²) in [5.41, 5.74) is 0.401. The van der Waals surface area contributed by atoms with Crippen LogP contribution in [0.3, 0.4) is 0 Å². The smallest absolute Gasteiger partial charge is 0.206 e. The van der Waals surface area contributed by atoms with Gasteiger partial charge in [-0.25, -0.2) is 8.42 Å². The minimum atomic E-state index is -3.59. The summed E-state index contributed by atoms with van der Waals surface area (Å²) in [5, 5.41) is 0.499. The van der Waals surface area contributed by atoms with Gasteiger partial charge in [-0.1, -0.05) is 11.6 Å². The number of benzene rings is 2. The van der Waals surface area contributed by atoms with Crippen LogP contribution in [0.5, 0.6) is 5.75 Å². The number of hydrogen-bond acceptors (Lipinski definition) is 4. The van der Waals surface area contributed by atoms with Crippen molar-refractivity contribution in [2.45, 2.75) is 41.4 Å². The molecule has 2 aromatic carbocycles. The zero-order chi connectivity index (χ0) is 16.4. The monoisotopic (exact) mass is 350 g/mol. The Morgan fingerprint density at radius 1 is 1.04 bits per heavy atom. The van der Waals surface area contributed by atoms with Crippen molar-refractivity contribution in [3.05, 3.63) is 53.1 Å². The van der Waals surface area contributed by atoms with Crippen molar-refractivity contribution < 1.29 is 17.9 Å². The summed E-state index contributed by atoms with van der Waals surface area (Å²) >= 11 is 5.83. The molecule has 0 aromatic heterocycles. The van der Waals surface area contributed by atoms with Gasteiger partial charge in [0.15, 0.2) is 0 Å². The van der Waals surface area contributed by atoms with Crippen LogP contribution >= 0.6 is 11.6 Å². The van der Waals surface area contributed by atoms with Crippen molar-refractivity contribution in [2.24, 2.45) is 0 Å². The molecule has 2 aliphatic heterocycles. The fourth-order valence-corrected chi connectivity index (χ4v) is 4.40. The van der Waals surface area contributed by atoms with Gasteiger partial charge in [0.05, 0.1) is 9.79 Å². The van der Waals surface area contributed by atoms with Crippen LogP contribution in [0.4, 0.5) is 0 Å². The van der Waals surface area contributed by atoms with Gasteiger partial charge in [0.2, 0.25) is 9.84 Å². The van der Waals surface area contributed by atoms with Crippen LogP contribution in [-0.4, -0.2) is 20.1 Å². The molecule has 23 heavy (non-hydrogen) atoms. The van der Waals surface area contributed by atoms with Gasteiger partial charge in [-0.15, -0.1) is 0 Å². The number of sulfone groups is 1. The Morgan fingerprint density at radius 2 is 1.70 bits per heavy atom. The highest BCUT2D eigenvalue weighted by Gasteiger charge is 2.56. The number of rotatable bonds is 2. The second-order valence-corrected chi connectivity index (χ2v) is 8.73. The van der Waals surface area contributed by atoms with E-state index >= 15 is 0 Å². The van der Waals surface area contributed by atoms with Gasteiger partial charge < -0.3 is 9.47 Å². The standard InChI is InChI=1S/C17H15ClO4S/c1-17(2)16-15(21-16)13-9-12(7-8-14(13)22-17)23(19,20)11-5-3-10(18)4-6-11/h3-9,15-16H,1-2H3/t15?,16-/m0/s1. The molecular weight excluding hydrogens is 336 g/mol. The molecule has 0 spiro atoms. The molecule has 2 aromatic rings. The average Bonchev–Trinajstić information content (AvgIpc) is 3.29. The van der Waals surface area contributed by atoms with Crippen LogP contribution in [0.25, 0.3) is 0 Å². The lowest BCUT2D eigenvalue weighted by Gasteiger charge is -2.29. The molecule has 2 aliphatic rings. The lowest BCUT2D eigenvalue weighted by molar-refractivity contribution is 0.0724. The van der Waals surface area contributed by atoms with Crippen molar-refractivity contribution in [1.82, 2.24) is 0 Å². The van der Waals surface area contributed by atoms with E-state index in [4.69, 9.17) is 21.1 Å². The zero-order valence-corrected chi connectivity index (χ0v) is 14.2. The summed E-state index contributed by atoms with van der Waals surface area (Å²) in [6.07, 6.45) is -0.113. The van der Waals surface area contributed by atoms with Crippen LogP contribution < -0.4 is 4.74 Å². The first kappa shape index (κ1) is 15.0. The molecule has 0 saturated carbocycles. The molecule has 0 bridgehead atoms. The minimum Gasteiger partial charge on any atom is -0.485 e. The number of halogens is 1. The third kappa shape index (κ3) is 2.35. The normalized spacial score (nSPS) is 24.3. The first-order valence-corrected chi connectivity index (χ1v) is 9.14. The van der Waals surface area contributed by atoms with Crippen molar-refractivity contribution in [3.8, 4) is 5.75 Å². The maximum absolute atomic E-state index is 12.8. The Bertz CT molecular complexity index is 887. The summed E-state index contributed by atoms with van der Waals surface area (Å²) < 4.78 is 37.1. The Hall–Kier alpha value is -1.56. The Morgan fingerprint density at radius 3 is 2.39 bits per heavy atom. The van der Waals surface area contributed by atoms with Gasteiger partial charge in [-0.2, -0.15) is 0 Å². The second-order valence-electron chi connectivity index (χ2n) is 6.34. The molecule has 1 saturated heterocycles. The Balaban J connectivity index is 1.77. The van der Waals surface area contributed by atoms with Crippen molar-refractivity contribution in [1.29, 1.82) is 0 Å². The summed E-state index contributed by atoms with van der Waals surface area (Å²) in [7, 11) is -3.59. The van der Waals surface area contributed by atoms with Crippen molar-refractivity contribution in [3.63, 3.8) is 0 Å². The van der Waals surface area contributed by atoms with E-state index in [1.165, 1.54) is 12.1 Å². The fourth-order valence-electron chi connectivity index (χ4n) is 2.98. The minimum absolute atomic E-state index is 0.0246.